The third-order valence-corrected chi connectivity index (χ3v) is 3.16. The number of thiophene rings is 1. The lowest BCUT2D eigenvalue weighted by atomic mass is 10.3. The Labute approximate surface area is 96.2 Å². The molecule has 2 aromatic heterocycles. The Hall–Kier alpha value is -1.75. The van der Waals surface area contributed by atoms with Gasteiger partial charge < -0.3 is 0 Å². The molecule has 16 heavy (non-hydrogen) atoms. The molecule has 0 aromatic carbocycles. The third kappa shape index (κ3) is 2.25. The van der Waals surface area contributed by atoms with Gasteiger partial charge in [0.15, 0.2) is 5.78 Å². The van der Waals surface area contributed by atoms with Crippen molar-refractivity contribution in [2.75, 3.05) is 0 Å². The Bertz CT molecular complexity index is 571. The summed E-state index contributed by atoms with van der Waals surface area (Å²) in [6, 6.07) is 5.01. The van der Waals surface area contributed by atoms with Crippen LogP contribution in [0, 0.1) is 6.92 Å². The number of aryl methyl sites for hydroxylation is 1. The standard InChI is InChI=1S/C11H10N2O2S/c1-8-2-3-10(16-8)9(14)6-13-7-12-5-4-11(13)15/h2-5,7H,6H2,1H3. The van der Waals surface area contributed by atoms with Crippen molar-refractivity contribution < 1.29 is 4.79 Å². The number of rotatable bonds is 3. The topological polar surface area (TPSA) is 52.0 Å². The predicted octanol–water partition coefficient (Wildman–Crippen LogP) is 1.50. The summed E-state index contributed by atoms with van der Waals surface area (Å²) < 4.78 is 1.30. The first-order valence-electron chi connectivity index (χ1n) is 4.77. The summed E-state index contributed by atoms with van der Waals surface area (Å²) >= 11 is 1.44. The first-order valence-corrected chi connectivity index (χ1v) is 5.58. The number of carbonyl (C=O) groups excluding carboxylic acids is 1. The molecule has 0 atom stereocenters. The van der Waals surface area contributed by atoms with Crippen LogP contribution in [0.4, 0.5) is 0 Å². The highest BCUT2D eigenvalue weighted by Gasteiger charge is 2.09. The summed E-state index contributed by atoms with van der Waals surface area (Å²) in [5.74, 6) is -0.0619. The Morgan fingerprint density at radius 1 is 1.44 bits per heavy atom. The van der Waals surface area contributed by atoms with Crippen LogP contribution in [0.5, 0.6) is 0 Å². The Kier molecular flexibility index (Phi) is 2.96. The quantitative estimate of drug-likeness (QED) is 0.756. The van der Waals surface area contributed by atoms with Crippen LogP contribution in [0.1, 0.15) is 14.5 Å². The van der Waals surface area contributed by atoms with Gasteiger partial charge >= 0.3 is 0 Å². The molecular weight excluding hydrogens is 224 g/mol. The highest BCUT2D eigenvalue weighted by Crippen LogP contribution is 2.15. The molecule has 2 heterocycles. The van der Waals surface area contributed by atoms with Crippen molar-refractivity contribution in [3.8, 4) is 0 Å². The van der Waals surface area contributed by atoms with Crippen molar-refractivity contribution >= 4 is 17.1 Å². The molecule has 2 aromatic rings. The molecule has 0 bridgehead atoms. The minimum Gasteiger partial charge on any atom is -0.291 e. The van der Waals surface area contributed by atoms with E-state index in [4.69, 9.17) is 0 Å². The van der Waals surface area contributed by atoms with Crippen LogP contribution in [-0.4, -0.2) is 15.3 Å². The average molecular weight is 234 g/mol. The SMILES string of the molecule is Cc1ccc(C(=O)Cn2cnccc2=O)s1. The zero-order valence-corrected chi connectivity index (χ0v) is 9.53. The number of aromatic nitrogens is 2. The van der Waals surface area contributed by atoms with E-state index in [1.807, 2.05) is 13.0 Å². The molecule has 2 rings (SSSR count). The minimum absolute atomic E-state index is 0.0482. The lowest BCUT2D eigenvalue weighted by Crippen LogP contribution is -2.22. The van der Waals surface area contributed by atoms with Gasteiger partial charge in [0.25, 0.3) is 5.56 Å². The maximum atomic E-state index is 11.8. The number of hydrogen-bond donors (Lipinski definition) is 0. The fraction of sp³-hybridized carbons (Fsp3) is 0.182. The van der Waals surface area contributed by atoms with Gasteiger partial charge in [0, 0.05) is 17.1 Å². The summed E-state index contributed by atoms with van der Waals surface area (Å²) in [7, 11) is 0. The Morgan fingerprint density at radius 3 is 2.88 bits per heavy atom. The van der Waals surface area contributed by atoms with Crippen molar-refractivity contribution in [1.82, 2.24) is 9.55 Å². The van der Waals surface area contributed by atoms with E-state index in [0.717, 1.165) is 4.88 Å². The summed E-state index contributed by atoms with van der Waals surface area (Å²) in [5, 5.41) is 0. The lowest BCUT2D eigenvalue weighted by molar-refractivity contribution is 0.0974. The number of hydrogen-bond acceptors (Lipinski definition) is 4. The highest BCUT2D eigenvalue weighted by molar-refractivity contribution is 7.14. The number of Topliss-reactive ketones (excluding diaryl/α,β-unsaturated/α-hetero) is 1. The number of carbonyl (C=O) groups is 1. The lowest BCUT2D eigenvalue weighted by Gasteiger charge is -2.01. The molecule has 0 saturated carbocycles. The zero-order chi connectivity index (χ0) is 11.5. The van der Waals surface area contributed by atoms with Crippen molar-refractivity contribution in [2.24, 2.45) is 0 Å². The fourth-order valence-corrected chi connectivity index (χ4v) is 2.11. The summed E-state index contributed by atoms with van der Waals surface area (Å²) in [6.07, 6.45) is 2.79. The van der Waals surface area contributed by atoms with E-state index in [2.05, 4.69) is 4.98 Å². The van der Waals surface area contributed by atoms with E-state index in [1.54, 1.807) is 6.07 Å². The molecule has 0 aliphatic carbocycles. The van der Waals surface area contributed by atoms with Gasteiger partial charge in [-0.25, -0.2) is 4.98 Å². The van der Waals surface area contributed by atoms with Gasteiger partial charge in [0.2, 0.25) is 0 Å². The van der Waals surface area contributed by atoms with Crippen molar-refractivity contribution in [2.45, 2.75) is 13.5 Å². The predicted molar refractivity (Wildman–Crippen MR) is 61.9 cm³/mol. The van der Waals surface area contributed by atoms with Crippen molar-refractivity contribution in [3.05, 3.63) is 50.8 Å². The molecule has 5 heteroatoms. The van der Waals surface area contributed by atoms with E-state index in [0.29, 0.717) is 4.88 Å². The second-order valence-electron chi connectivity index (χ2n) is 3.38. The first kappa shape index (κ1) is 10.8. The molecule has 0 saturated heterocycles. The Balaban J connectivity index is 2.20. The molecule has 4 nitrogen and oxygen atoms in total. The average Bonchev–Trinajstić information content (AvgIpc) is 2.68. The maximum absolute atomic E-state index is 11.8. The molecule has 0 N–H and O–H groups in total. The molecule has 0 aliphatic heterocycles. The number of nitrogens with zero attached hydrogens (tertiary/aromatic N) is 2. The zero-order valence-electron chi connectivity index (χ0n) is 8.71. The monoisotopic (exact) mass is 234 g/mol. The summed E-state index contributed by atoms with van der Waals surface area (Å²) in [4.78, 5) is 28.7. The van der Waals surface area contributed by atoms with Gasteiger partial charge in [0.1, 0.15) is 0 Å². The van der Waals surface area contributed by atoms with Crippen LogP contribution in [0.25, 0.3) is 0 Å². The summed E-state index contributed by atoms with van der Waals surface area (Å²) in [6.45, 7) is 1.99. The number of ketones is 1. The third-order valence-electron chi connectivity index (χ3n) is 2.12. The van der Waals surface area contributed by atoms with Crippen LogP contribution >= 0.6 is 11.3 Å². The maximum Gasteiger partial charge on any atom is 0.253 e. The highest BCUT2D eigenvalue weighted by atomic mass is 32.1. The molecule has 0 fully saturated rings. The molecule has 82 valence electrons. The normalized spacial score (nSPS) is 10.3. The largest absolute Gasteiger partial charge is 0.291 e. The van der Waals surface area contributed by atoms with E-state index < -0.39 is 0 Å². The molecule has 0 amide bonds. The van der Waals surface area contributed by atoms with Gasteiger partial charge in [-0.1, -0.05) is 0 Å². The van der Waals surface area contributed by atoms with Crippen LogP contribution in [-0.2, 0) is 6.54 Å². The molecule has 0 aliphatic rings. The molecule has 0 spiro atoms. The fourth-order valence-electron chi connectivity index (χ4n) is 1.31. The van der Waals surface area contributed by atoms with Gasteiger partial charge in [-0.05, 0) is 19.1 Å². The molecular formula is C11H10N2O2S. The van der Waals surface area contributed by atoms with Gasteiger partial charge in [-0.15, -0.1) is 11.3 Å². The van der Waals surface area contributed by atoms with E-state index in [-0.39, 0.29) is 17.9 Å². The summed E-state index contributed by atoms with van der Waals surface area (Å²) in [5.41, 5.74) is -0.211. The van der Waals surface area contributed by atoms with E-state index in [9.17, 15) is 9.59 Å². The van der Waals surface area contributed by atoms with Gasteiger partial charge in [-0.3, -0.25) is 14.2 Å². The van der Waals surface area contributed by atoms with Crippen LogP contribution in [0.15, 0.2) is 35.5 Å². The van der Waals surface area contributed by atoms with Crippen LogP contribution in [0.3, 0.4) is 0 Å². The van der Waals surface area contributed by atoms with Gasteiger partial charge in [0.05, 0.1) is 17.7 Å². The van der Waals surface area contributed by atoms with Crippen molar-refractivity contribution in [3.63, 3.8) is 0 Å². The van der Waals surface area contributed by atoms with E-state index in [1.165, 1.54) is 34.5 Å². The Morgan fingerprint density at radius 2 is 2.25 bits per heavy atom. The van der Waals surface area contributed by atoms with Gasteiger partial charge in [-0.2, -0.15) is 0 Å². The second-order valence-corrected chi connectivity index (χ2v) is 4.67. The minimum atomic E-state index is -0.211. The molecule has 0 unspecified atom stereocenters. The second kappa shape index (κ2) is 4.40. The molecule has 0 radical (unpaired) electrons. The van der Waals surface area contributed by atoms with Crippen LogP contribution < -0.4 is 5.56 Å². The first-order chi connectivity index (χ1) is 7.66. The van der Waals surface area contributed by atoms with Crippen molar-refractivity contribution in [1.29, 1.82) is 0 Å². The smallest absolute Gasteiger partial charge is 0.253 e. The van der Waals surface area contributed by atoms with Crippen LogP contribution in [0.2, 0.25) is 0 Å². The van der Waals surface area contributed by atoms with E-state index >= 15 is 0 Å².